The van der Waals surface area contributed by atoms with Gasteiger partial charge in [0.25, 0.3) is 0 Å². The maximum absolute atomic E-state index is 12.8. The summed E-state index contributed by atoms with van der Waals surface area (Å²) in [6, 6.07) is 0. The smallest absolute Gasteiger partial charge is 0.461 e. The highest BCUT2D eigenvalue weighted by Gasteiger charge is 2.28. The second kappa shape index (κ2) is 46.2. The Labute approximate surface area is 388 Å². The van der Waals surface area contributed by atoms with Crippen LogP contribution >= 0.6 is 7.82 Å². The maximum atomic E-state index is 12.8. The molecule has 2 N–H and O–H groups in total. The van der Waals surface area contributed by atoms with Crippen molar-refractivity contribution in [3.63, 3.8) is 0 Å². The quantitative estimate of drug-likeness (QED) is 0.0197. The van der Waals surface area contributed by atoms with Crippen molar-refractivity contribution in [1.82, 2.24) is 0 Å². The minimum atomic E-state index is -4.76. The number of carbonyl (C=O) groups is 3. The predicted molar refractivity (Wildman–Crippen MR) is 261 cm³/mol. The van der Waals surface area contributed by atoms with E-state index in [0.717, 1.165) is 103 Å². The number of allylic oxidation sites excluding steroid dienone is 13. The number of esters is 3. The first-order valence-electron chi connectivity index (χ1n) is 24.5. The van der Waals surface area contributed by atoms with E-state index in [-0.39, 0.29) is 19.3 Å². The number of hydrogen-bond donors (Lipinski definition) is 2. The van der Waals surface area contributed by atoms with Crippen molar-refractivity contribution in [2.45, 2.75) is 200 Å². The summed E-state index contributed by atoms with van der Waals surface area (Å²) in [5.41, 5.74) is 0. The number of rotatable bonds is 44. The largest absolute Gasteiger partial charge is 0.472 e. The van der Waals surface area contributed by atoms with Crippen molar-refractivity contribution in [1.29, 1.82) is 0 Å². The van der Waals surface area contributed by atoms with Gasteiger partial charge in [-0.3, -0.25) is 23.4 Å². The van der Waals surface area contributed by atoms with Crippen LogP contribution in [0.4, 0.5) is 0 Å². The molecule has 0 spiro atoms. The summed E-state index contributed by atoms with van der Waals surface area (Å²) >= 11 is 0. The summed E-state index contributed by atoms with van der Waals surface area (Å²) in [6.45, 7) is 4.28. The molecule has 12 heteroatoms. The number of aliphatic hydroxyl groups is 1. The molecule has 0 rings (SSSR count). The summed E-state index contributed by atoms with van der Waals surface area (Å²) in [7, 11) is -4.76. The van der Waals surface area contributed by atoms with Crippen molar-refractivity contribution in [2.24, 2.45) is 0 Å². The second-order valence-electron chi connectivity index (χ2n) is 15.9. The molecule has 0 aromatic rings. The average molecular weight is 919 g/mol. The van der Waals surface area contributed by atoms with Crippen LogP contribution < -0.4 is 0 Å². The number of unbranched alkanes of at least 4 members (excludes halogenated alkanes) is 14. The lowest BCUT2D eigenvalue weighted by Crippen LogP contribution is -2.30. The normalized spacial score (nSPS) is 14.3. The van der Waals surface area contributed by atoms with Gasteiger partial charge in [0.15, 0.2) is 6.10 Å². The Hall–Kier alpha value is -3.34. The van der Waals surface area contributed by atoms with Crippen molar-refractivity contribution in [2.75, 3.05) is 26.4 Å². The van der Waals surface area contributed by atoms with Crippen LogP contribution in [0.1, 0.15) is 188 Å². The van der Waals surface area contributed by atoms with Crippen molar-refractivity contribution in [3.05, 3.63) is 85.1 Å². The third-order valence-corrected chi connectivity index (χ3v) is 10.8. The van der Waals surface area contributed by atoms with Crippen LogP contribution in [-0.2, 0) is 42.2 Å². The van der Waals surface area contributed by atoms with Gasteiger partial charge in [0.2, 0.25) is 0 Å². The Morgan fingerprint density at radius 1 is 0.469 bits per heavy atom. The molecule has 0 aliphatic carbocycles. The Balaban J connectivity index is 4.88. The van der Waals surface area contributed by atoms with Gasteiger partial charge in [-0.25, -0.2) is 4.57 Å². The van der Waals surface area contributed by atoms with E-state index in [4.69, 9.17) is 23.3 Å². The van der Waals surface area contributed by atoms with E-state index in [0.29, 0.717) is 19.3 Å². The van der Waals surface area contributed by atoms with Crippen molar-refractivity contribution in [3.8, 4) is 0 Å². The summed E-state index contributed by atoms with van der Waals surface area (Å²) < 4.78 is 39.1. The minimum Gasteiger partial charge on any atom is -0.461 e. The molecule has 0 aliphatic heterocycles. The molecule has 0 heterocycles. The standard InChI is InChI=1S/C52H87O11P/c1-4-7-10-13-16-19-22-23-24-25-28-29-32-35-38-41-50(54)59-45-49(63-52(56)43-40-37-34-31-27-21-18-15-12-9-6-3)47-61-64(57,58)60-46-48(44-53)62-51(55)42-39-36-33-30-26-20-17-14-11-8-5-2/h7,10,14-19,23-24,28-29,35,38,48-49,53H,4-6,8-9,11-13,20-22,25-27,30-34,36-37,39-47H2,1-3H3,(H,57,58)/b10-7-,17-14-,18-15-,19-16-,24-23-,29-28-,38-35-. The molecule has 3 atom stereocenters. The van der Waals surface area contributed by atoms with Gasteiger partial charge >= 0.3 is 25.7 Å². The lowest BCUT2D eigenvalue weighted by molar-refractivity contribution is -0.161. The number of phosphoric ester groups is 1. The molecule has 0 radical (unpaired) electrons. The third kappa shape index (κ3) is 43.9. The van der Waals surface area contributed by atoms with E-state index in [1.807, 2.05) is 12.2 Å². The number of aliphatic hydroxyl groups excluding tert-OH is 1. The second-order valence-corrected chi connectivity index (χ2v) is 17.4. The maximum Gasteiger partial charge on any atom is 0.472 e. The van der Waals surface area contributed by atoms with Crippen LogP contribution in [0.5, 0.6) is 0 Å². The fourth-order valence-electron chi connectivity index (χ4n) is 6.04. The molecular weight excluding hydrogens is 832 g/mol. The summed E-state index contributed by atoms with van der Waals surface area (Å²) in [6.07, 6.45) is 50.2. The van der Waals surface area contributed by atoms with E-state index in [9.17, 15) is 28.9 Å². The molecule has 0 aromatic carbocycles. The number of ether oxygens (including phenoxy) is 3. The molecule has 0 bridgehead atoms. The van der Waals surface area contributed by atoms with E-state index in [2.05, 4.69) is 87.6 Å². The zero-order valence-electron chi connectivity index (χ0n) is 40.0. The summed E-state index contributed by atoms with van der Waals surface area (Å²) in [4.78, 5) is 48.1. The number of carbonyl (C=O) groups excluding carboxylic acids is 3. The van der Waals surface area contributed by atoms with Crippen LogP contribution in [-0.4, -0.2) is 66.5 Å². The first-order valence-corrected chi connectivity index (χ1v) is 26.0. The fourth-order valence-corrected chi connectivity index (χ4v) is 6.82. The molecule has 3 unspecified atom stereocenters. The summed E-state index contributed by atoms with van der Waals surface area (Å²) in [5, 5.41) is 9.74. The molecule has 366 valence electrons. The van der Waals surface area contributed by atoms with Gasteiger partial charge in [-0.2, -0.15) is 0 Å². The highest BCUT2D eigenvalue weighted by molar-refractivity contribution is 7.47. The first-order chi connectivity index (χ1) is 31.2. The van der Waals surface area contributed by atoms with E-state index in [1.165, 1.54) is 25.7 Å². The van der Waals surface area contributed by atoms with Gasteiger partial charge in [0, 0.05) is 12.8 Å². The van der Waals surface area contributed by atoms with E-state index < -0.39 is 64.4 Å². The SMILES string of the molecule is CC/C=C\C/C=C\C/C=C\C/C=C\C/C=C\CC(=O)OCC(COP(=O)(O)OCC(CO)OC(=O)CCCCCCC/C=C\CCCC)OC(=O)CCCCCCC/C=C\CCCC. The highest BCUT2D eigenvalue weighted by Crippen LogP contribution is 2.43. The lowest BCUT2D eigenvalue weighted by Gasteiger charge is -2.21. The first kappa shape index (κ1) is 60.7. The molecule has 0 fully saturated rings. The topological polar surface area (TPSA) is 155 Å². The zero-order valence-corrected chi connectivity index (χ0v) is 40.9. The van der Waals surface area contributed by atoms with Gasteiger partial charge in [-0.1, -0.05) is 170 Å². The number of hydrogen-bond acceptors (Lipinski definition) is 10. The van der Waals surface area contributed by atoms with Gasteiger partial charge in [-0.05, 0) is 83.5 Å². The Bertz CT molecular complexity index is 1400. The number of phosphoric acid groups is 1. The summed E-state index contributed by atoms with van der Waals surface area (Å²) in [5.74, 6) is -1.65. The van der Waals surface area contributed by atoms with Crippen molar-refractivity contribution < 1.29 is 52.2 Å². The van der Waals surface area contributed by atoms with Crippen LogP contribution in [0.3, 0.4) is 0 Å². The highest BCUT2D eigenvalue weighted by atomic mass is 31.2. The Morgan fingerprint density at radius 3 is 1.31 bits per heavy atom. The lowest BCUT2D eigenvalue weighted by atomic mass is 10.1. The Kier molecular flexibility index (Phi) is 43.8. The van der Waals surface area contributed by atoms with Crippen LogP contribution in [0.25, 0.3) is 0 Å². The third-order valence-electron chi connectivity index (χ3n) is 9.80. The van der Waals surface area contributed by atoms with Crippen LogP contribution in [0.2, 0.25) is 0 Å². The average Bonchev–Trinajstić information content (AvgIpc) is 3.28. The molecular formula is C52H87O11P. The Morgan fingerprint density at radius 2 is 0.859 bits per heavy atom. The molecule has 0 aromatic heterocycles. The van der Waals surface area contributed by atoms with Gasteiger partial charge in [0.1, 0.15) is 12.7 Å². The van der Waals surface area contributed by atoms with Gasteiger partial charge < -0.3 is 24.2 Å². The predicted octanol–water partition coefficient (Wildman–Crippen LogP) is 13.6. The molecule has 11 nitrogen and oxygen atoms in total. The molecule has 0 saturated heterocycles. The van der Waals surface area contributed by atoms with Crippen LogP contribution in [0, 0.1) is 0 Å². The molecule has 64 heavy (non-hydrogen) atoms. The monoisotopic (exact) mass is 919 g/mol. The van der Waals surface area contributed by atoms with Crippen molar-refractivity contribution >= 4 is 25.7 Å². The van der Waals surface area contributed by atoms with Crippen LogP contribution in [0.15, 0.2) is 85.1 Å². The van der Waals surface area contributed by atoms with Gasteiger partial charge in [-0.15, -0.1) is 0 Å². The molecule has 0 saturated carbocycles. The fraction of sp³-hybridized carbons (Fsp3) is 0.673. The van der Waals surface area contributed by atoms with E-state index >= 15 is 0 Å². The van der Waals surface area contributed by atoms with E-state index in [1.54, 1.807) is 6.08 Å². The van der Waals surface area contributed by atoms with Gasteiger partial charge in [0.05, 0.1) is 26.2 Å². The molecule has 0 amide bonds. The zero-order chi connectivity index (χ0) is 47.0. The molecule has 0 aliphatic rings. The minimum absolute atomic E-state index is 0.0104.